The number of halogens is 2. The second-order valence-corrected chi connectivity index (χ2v) is 11.0. The third-order valence-corrected chi connectivity index (χ3v) is 9.07. The van der Waals surface area contributed by atoms with E-state index in [4.69, 9.17) is 0 Å². The molecule has 0 aromatic heterocycles. The van der Waals surface area contributed by atoms with Crippen molar-refractivity contribution in [3.05, 3.63) is 60.4 Å². The molecule has 0 bridgehead atoms. The normalized spacial score (nSPS) is 32.6. The summed E-state index contributed by atoms with van der Waals surface area (Å²) in [5.41, 5.74) is 3.29. The molecule has 0 radical (unpaired) electrons. The van der Waals surface area contributed by atoms with Crippen LogP contribution in [0.25, 0.3) is 0 Å². The first-order valence-corrected chi connectivity index (χ1v) is 13.3. The first-order chi connectivity index (χ1) is 14.9. The summed E-state index contributed by atoms with van der Waals surface area (Å²) in [6.07, 6.45) is 39.4. The van der Waals surface area contributed by atoms with Gasteiger partial charge in [0.25, 0.3) is 0 Å². The molecule has 0 heterocycles. The molecule has 0 aromatic carbocycles. The third kappa shape index (κ3) is 8.01. The molecule has 4 saturated carbocycles. The summed E-state index contributed by atoms with van der Waals surface area (Å²) in [4.78, 5) is 0. The van der Waals surface area contributed by atoms with E-state index in [9.17, 15) is 0 Å². The van der Waals surface area contributed by atoms with Gasteiger partial charge in [-0.25, -0.2) is 36.1 Å². The van der Waals surface area contributed by atoms with Gasteiger partial charge in [0, 0.05) is 0 Å². The topological polar surface area (TPSA) is 0 Å². The summed E-state index contributed by atoms with van der Waals surface area (Å²) in [5.74, 6) is 5.63. The summed E-state index contributed by atoms with van der Waals surface area (Å²) in [6, 6.07) is 0. The molecule has 6 aliphatic rings. The van der Waals surface area contributed by atoms with Gasteiger partial charge in [-0.1, -0.05) is 101 Å². The van der Waals surface area contributed by atoms with Crippen LogP contribution < -0.4 is 48.0 Å². The van der Waals surface area contributed by atoms with Crippen molar-refractivity contribution in [1.82, 2.24) is 0 Å². The van der Waals surface area contributed by atoms with Crippen LogP contribution in [0.2, 0.25) is 0 Å². The molecule has 0 aromatic rings. The molecular formula is C30H42I2Zr. The van der Waals surface area contributed by atoms with Gasteiger partial charge in [-0.05, 0) is 24.7 Å². The van der Waals surface area contributed by atoms with Crippen molar-refractivity contribution in [3.63, 3.8) is 0 Å². The van der Waals surface area contributed by atoms with Crippen LogP contribution >= 0.6 is 0 Å². The summed E-state index contributed by atoms with van der Waals surface area (Å²) < 4.78 is 0. The largest absolute Gasteiger partial charge is 4.00 e. The Bertz CT molecular complexity index is 634. The second kappa shape index (κ2) is 15.3. The third-order valence-electron chi connectivity index (χ3n) is 9.07. The van der Waals surface area contributed by atoms with Gasteiger partial charge in [-0.3, -0.25) is 0 Å². The molecule has 0 amide bonds. The molecule has 4 unspecified atom stereocenters. The average Bonchev–Trinajstić information content (AvgIpc) is 3.45. The van der Waals surface area contributed by atoms with Crippen LogP contribution in [0, 0.1) is 48.3 Å². The number of rotatable bonds is 2. The molecule has 6 rings (SSSR count). The van der Waals surface area contributed by atoms with Crippen molar-refractivity contribution in [3.8, 4) is 0 Å². The molecule has 4 atom stereocenters. The van der Waals surface area contributed by atoms with Gasteiger partial charge in [-0.2, -0.15) is 0 Å². The van der Waals surface area contributed by atoms with Crippen LogP contribution in [0.4, 0.5) is 0 Å². The van der Waals surface area contributed by atoms with Crippen LogP contribution in [-0.2, 0) is 26.2 Å². The predicted octanol–water partition coefficient (Wildman–Crippen LogP) is 2.59. The van der Waals surface area contributed by atoms with E-state index < -0.39 is 0 Å². The van der Waals surface area contributed by atoms with Crippen molar-refractivity contribution in [2.24, 2.45) is 35.5 Å². The number of hydrogen-bond acceptors (Lipinski definition) is 0. The fraction of sp³-hybridized carbons (Fsp3) is 0.667. The number of fused-ring (bicyclic) bond motifs is 2. The van der Waals surface area contributed by atoms with Crippen LogP contribution in [0.5, 0.6) is 0 Å². The van der Waals surface area contributed by atoms with E-state index in [-0.39, 0.29) is 74.2 Å². The Hall–Kier alpha value is 1.04. The van der Waals surface area contributed by atoms with Gasteiger partial charge < -0.3 is 48.0 Å². The number of allylic oxidation sites excluding steroid dienone is 8. The van der Waals surface area contributed by atoms with E-state index in [2.05, 4.69) is 49.3 Å². The maximum atomic E-state index is 2.60. The Kier molecular flexibility index (Phi) is 14.1. The minimum atomic E-state index is 0. The first kappa shape index (κ1) is 30.3. The zero-order chi connectivity index (χ0) is 20.2. The average molecular weight is 748 g/mol. The Labute approximate surface area is 257 Å². The molecule has 0 aliphatic heterocycles. The van der Waals surface area contributed by atoms with Crippen LogP contribution in [-0.4, -0.2) is 0 Å². The summed E-state index contributed by atoms with van der Waals surface area (Å²) in [5, 5.41) is 0. The zero-order valence-corrected chi connectivity index (χ0v) is 27.0. The maximum absolute atomic E-state index is 2.60. The van der Waals surface area contributed by atoms with Gasteiger partial charge in [0.2, 0.25) is 0 Å². The monoisotopic (exact) mass is 746 g/mol. The van der Waals surface area contributed by atoms with E-state index in [1.807, 2.05) is 0 Å². The van der Waals surface area contributed by atoms with Crippen molar-refractivity contribution in [1.29, 1.82) is 0 Å². The maximum Gasteiger partial charge on any atom is 4.00 e. The number of hydrogen-bond donors (Lipinski definition) is 0. The standard InChI is InChI=1S/2C15H21.2HI.Zr/c2*1-2-6-12(7-3-1)15-10-13-8-4-5-9-14(13)11-15;;;/h2*4-5,8,10,12,14-15H,1-3,6-7,9,11H2;2*1H;/q2*-1;;;+4/p-2. The van der Waals surface area contributed by atoms with E-state index in [0.717, 1.165) is 35.5 Å². The molecule has 6 aliphatic carbocycles. The Morgan fingerprint density at radius 3 is 1.33 bits per heavy atom. The van der Waals surface area contributed by atoms with Crippen molar-refractivity contribution in [2.45, 2.75) is 89.9 Å². The van der Waals surface area contributed by atoms with Gasteiger partial charge >= 0.3 is 26.2 Å². The van der Waals surface area contributed by atoms with Gasteiger partial charge in [0.15, 0.2) is 0 Å². The van der Waals surface area contributed by atoms with E-state index >= 15 is 0 Å². The molecule has 33 heavy (non-hydrogen) atoms. The molecule has 3 heteroatoms. The first-order valence-electron chi connectivity index (χ1n) is 13.3. The SMILES string of the molecule is C1=CCC2CC(C3CCCCC3)[CH-]C2=C1.C1=CCC2CC(C3CCCCC3)[CH-]C2=C1.[I-].[I-].[Zr+4]. The molecular weight excluding hydrogens is 705 g/mol. The summed E-state index contributed by atoms with van der Waals surface area (Å²) in [7, 11) is 0. The summed E-state index contributed by atoms with van der Waals surface area (Å²) in [6.45, 7) is 0. The van der Waals surface area contributed by atoms with Gasteiger partial charge in [0.05, 0.1) is 0 Å². The molecule has 0 spiro atoms. The molecule has 0 nitrogen and oxygen atoms in total. The van der Waals surface area contributed by atoms with Gasteiger partial charge in [0.1, 0.15) is 0 Å². The van der Waals surface area contributed by atoms with E-state index in [0.29, 0.717) is 0 Å². The Balaban J connectivity index is 0.000000214. The van der Waals surface area contributed by atoms with Crippen LogP contribution in [0.1, 0.15) is 89.9 Å². The fourth-order valence-corrected chi connectivity index (χ4v) is 7.31. The van der Waals surface area contributed by atoms with E-state index in [1.165, 1.54) is 89.9 Å². The van der Waals surface area contributed by atoms with Crippen molar-refractivity contribution < 1.29 is 74.2 Å². The van der Waals surface area contributed by atoms with Crippen molar-refractivity contribution >= 4 is 0 Å². The zero-order valence-electron chi connectivity index (χ0n) is 20.2. The minimum absolute atomic E-state index is 0. The second-order valence-electron chi connectivity index (χ2n) is 11.0. The fourth-order valence-electron chi connectivity index (χ4n) is 7.31. The van der Waals surface area contributed by atoms with Crippen LogP contribution in [0.15, 0.2) is 47.6 Å². The van der Waals surface area contributed by atoms with E-state index in [1.54, 1.807) is 11.1 Å². The Morgan fingerprint density at radius 2 is 0.970 bits per heavy atom. The minimum Gasteiger partial charge on any atom is -1.00 e. The quantitative estimate of drug-likeness (QED) is 0.302. The summed E-state index contributed by atoms with van der Waals surface area (Å²) >= 11 is 0. The van der Waals surface area contributed by atoms with Crippen molar-refractivity contribution in [2.75, 3.05) is 0 Å². The van der Waals surface area contributed by atoms with Crippen LogP contribution in [0.3, 0.4) is 0 Å². The molecule has 0 saturated heterocycles. The van der Waals surface area contributed by atoms with Gasteiger partial charge in [-0.15, -0.1) is 24.3 Å². The molecule has 180 valence electrons. The smallest absolute Gasteiger partial charge is 1.00 e. The predicted molar refractivity (Wildman–Crippen MR) is 129 cm³/mol. The Morgan fingerprint density at radius 1 is 0.576 bits per heavy atom. The molecule has 4 fully saturated rings. The molecule has 0 N–H and O–H groups in total.